The number of halogens is 6. The van der Waals surface area contributed by atoms with Crippen molar-refractivity contribution in [3.05, 3.63) is 215 Å². The zero-order valence-electron chi connectivity index (χ0n) is 33.2. The second-order valence-electron chi connectivity index (χ2n) is 15.5. The summed E-state index contributed by atoms with van der Waals surface area (Å²) in [7, 11) is 0. The molecule has 2 nitrogen and oxygen atoms in total. The van der Waals surface area contributed by atoms with Crippen LogP contribution < -0.4 is 9.80 Å². The van der Waals surface area contributed by atoms with Crippen molar-refractivity contribution < 1.29 is 26.3 Å². The Labute approximate surface area is 350 Å². The minimum absolute atomic E-state index is 0.409. The highest BCUT2D eigenvalue weighted by Crippen LogP contribution is 2.44. The lowest BCUT2D eigenvalue weighted by Crippen LogP contribution is -2.12. The third kappa shape index (κ3) is 8.01. The standard InChI is InChI=1S/C53H38F6N2/c1-34-7-3-11-46(27-34)60(48-13-5-9-42(32-48)52(54,55)56)44-23-19-36(20-24-44)38-15-17-40-29-41-18-16-39(31-51(41)50(40)30-38)37-21-25-45(26-22-37)61(47-12-4-8-35(2)28-47)49-14-6-10-43(33-49)53(57,58)59/h3-28,30-33H,29H2,1-2H3. The first-order valence-electron chi connectivity index (χ1n) is 19.8. The van der Waals surface area contributed by atoms with Crippen LogP contribution in [0.5, 0.6) is 0 Å². The number of aryl methyl sites for hydroxylation is 2. The average Bonchev–Trinajstić information content (AvgIpc) is 3.61. The van der Waals surface area contributed by atoms with Gasteiger partial charge in [-0.25, -0.2) is 0 Å². The summed E-state index contributed by atoms with van der Waals surface area (Å²) in [6.07, 6.45) is -8.15. The van der Waals surface area contributed by atoms with Crippen molar-refractivity contribution in [2.75, 3.05) is 9.80 Å². The molecule has 0 aliphatic heterocycles. The average molecular weight is 817 g/mol. The van der Waals surface area contributed by atoms with E-state index in [9.17, 15) is 26.3 Å². The van der Waals surface area contributed by atoms with Gasteiger partial charge in [0, 0.05) is 34.1 Å². The summed E-state index contributed by atoms with van der Waals surface area (Å²) in [6.45, 7) is 3.91. The number of nitrogens with zero attached hydrogens (tertiary/aromatic N) is 2. The molecule has 1 aliphatic rings. The van der Waals surface area contributed by atoms with Crippen LogP contribution in [0.2, 0.25) is 0 Å². The van der Waals surface area contributed by atoms with Crippen LogP contribution in [0.25, 0.3) is 33.4 Å². The third-order valence-corrected chi connectivity index (χ3v) is 11.2. The molecule has 0 heterocycles. The van der Waals surface area contributed by atoms with Crippen molar-refractivity contribution in [2.45, 2.75) is 32.6 Å². The Morgan fingerprint density at radius 3 is 1.05 bits per heavy atom. The molecule has 8 aromatic carbocycles. The lowest BCUT2D eigenvalue weighted by atomic mass is 9.96. The molecule has 9 rings (SSSR count). The summed E-state index contributed by atoms with van der Waals surface area (Å²) in [4.78, 5) is 3.68. The fourth-order valence-corrected chi connectivity index (χ4v) is 8.20. The summed E-state index contributed by atoms with van der Waals surface area (Å²) in [6, 6.07) is 54.8. The molecule has 0 amide bonds. The number of anilines is 6. The number of hydrogen-bond acceptors (Lipinski definition) is 2. The van der Waals surface area contributed by atoms with Crippen molar-refractivity contribution in [1.29, 1.82) is 0 Å². The predicted molar refractivity (Wildman–Crippen MR) is 234 cm³/mol. The van der Waals surface area contributed by atoms with Crippen LogP contribution in [0.1, 0.15) is 33.4 Å². The van der Waals surface area contributed by atoms with Gasteiger partial charge in [0.15, 0.2) is 0 Å². The van der Waals surface area contributed by atoms with Crippen molar-refractivity contribution >= 4 is 34.1 Å². The van der Waals surface area contributed by atoms with Gasteiger partial charge in [-0.3, -0.25) is 0 Å². The van der Waals surface area contributed by atoms with E-state index in [1.807, 2.05) is 121 Å². The van der Waals surface area contributed by atoms with E-state index in [-0.39, 0.29) is 0 Å². The molecule has 0 aromatic heterocycles. The van der Waals surface area contributed by atoms with Crippen molar-refractivity contribution in [1.82, 2.24) is 0 Å². The first-order valence-corrected chi connectivity index (χ1v) is 19.8. The van der Waals surface area contributed by atoms with Crippen LogP contribution in [0, 0.1) is 13.8 Å². The zero-order valence-corrected chi connectivity index (χ0v) is 33.2. The Bertz CT molecular complexity index is 2700. The third-order valence-electron chi connectivity index (χ3n) is 11.2. The second-order valence-corrected chi connectivity index (χ2v) is 15.5. The molecule has 1 aliphatic carbocycles. The molecule has 0 radical (unpaired) electrons. The molecule has 302 valence electrons. The van der Waals surface area contributed by atoms with Gasteiger partial charge in [-0.1, -0.05) is 84.9 Å². The van der Waals surface area contributed by atoms with Gasteiger partial charge < -0.3 is 9.80 Å². The van der Waals surface area contributed by atoms with Crippen molar-refractivity contribution in [3.8, 4) is 33.4 Å². The highest BCUT2D eigenvalue weighted by Gasteiger charge is 2.32. The molecule has 0 bridgehead atoms. The SMILES string of the molecule is Cc1cccc(N(c2ccc(-c3ccc4c(c3)-c3cc(-c5ccc(N(c6cccc(C)c6)c6cccc(C(F)(F)F)c6)cc5)ccc3C4)cc2)c2cccc(C(F)(F)F)c2)c1. The Hall–Kier alpha value is -7.06. The van der Waals surface area contributed by atoms with Gasteiger partial charge in [0.05, 0.1) is 11.1 Å². The number of rotatable bonds is 8. The van der Waals surface area contributed by atoms with Crippen molar-refractivity contribution in [3.63, 3.8) is 0 Å². The van der Waals surface area contributed by atoms with Crippen LogP contribution >= 0.6 is 0 Å². The fourth-order valence-electron chi connectivity index (χ4n) is 8.20. The highest BCUT2D eigenvalue weighted by atomic mass is 19.4. The van der Waals surface area contributed by atoms with E-state index in [4.69, 9.17) is 0 Å². The summed E-state index contributed by atoms with van der Waals surface area (Å²) in [5.41, 5.74) is 13.0. The minimum Gasteiger partial charge on any atom is -0.310 e. The van der Waals surface area contributed by atoms with Crippen LogP contribution in [-0.4, -0.2) is 0 Å². The Morgan fingerprint density at radius 1 is 0.344 bits per heavy atom. The molecule has 0 atom stereocenters. The maximum Gasteiger partial charge on any atom is 0.416 e. The summed E-state index contributed by atoms with van der Waals surface area (Å²) in [5.74, 6) is 0. The molecule has 61 heavy (non-hydrogen) atoms. The van der Waals surface area contributed by atoms with Gasteiger partial charge in [-0.2, -0.15) is 26.3 Å². The number of benzene rings is 8. The molecule has 0 N–H and O–H groups in total. The normalized spacial score (nSPS) is 12.2. The second kappa shape index (κ2) is 15.5. The van der Waals surface area contributed by atoms with E-state index in [1.54, 1.807) is 12.1 Å². The lowest BCUT2D eigenvalue weighted by molar-refractivity contribution is -0.138. The van der Waals surface area contributed by atoms with Gasteiger partial charge in [0.25, 0.3) is 0 Å². The van der Waals surface area contributed by atoms with Gasteiger partial charge >= 0.3 is 12.4 Å². The highest BCUT2D eigenvalue weighted by molar-refractivity contribution is 5.86. The smallest absolute Gasteiger partial charge is 0.310 e. The topological polar surface area (TPSA) is 6.48 Å². The van der Waals surface area contributed by atoms with E-state index in [2.05, 4.69) is 36.4 Å². The fraction of sp³-hybridized carbons (Fsp3) is 0.0943. The summed E-state index contributed by atoms with van der Waals surface area (Å²) >= 11 is 0. The van der Waals surface area contributed by atoms with Crippen molar-refractivity contribution in [2.24, 2.45) is 0 Å². The Kier molecular flexibility index (Phi) is 10.0. The molecule has 0 unspecified atom stereocenters. The molecule has 8 aromatic rings. The van der Waals surface area contributed by atoms with Gasteiger partial charge in [0.2, 0.25) is 0 Å². The largest absolute Gasteiger partial charge is 0.416 e. The number of hydrogen-bond donors (Lipinski definition) is 0. The molecular formula is C53H38F6N2. The maximum atomic E-state index is 13.8. The van der Waals surface area contributed by atoms with Gasteiger partial charge in [-0.15, -0.1) is 0 Å². The van der Waals surface area contributed by atoms with E-state index < -0.39 is 23.5 Å². The van der Waals surface area contributed by atoms with E-state index in [0.717, 1.165) is 85.8 Å². The molecule has 0 spiro atoms. The minimum atomic E-state index is -4.47. The van der Waals surface area contributed by atoms with Crippen LogP contribution in [0.4, 0.5) is 60.5 Å². The number of fused-ring (bicyclic) bond motifs is 3. The van der Waals surface area contributed by atoms with Gasteiger partial charge in [0.1, 0.15) is 0 Å². The van der Waals surface area contributed by atoms with Crippen LogP contribution in [0.3, 0.4) is 0 Å². The molecular weight excluding hydrogens is 779 g/mol. The lowest BCUT2D eigenvalue weighted by Gasteiger charge is -2.26. The zero-order chi connectivity index (χ0) is 42.5. The summed E-state index contributed by atoms with van der Waals surface area (Å²) in [5, 5.41) is 0. The Morgan fingerprint density at radius 2 is 0.689 bits per heavy atom. The predicted octanol–water partition coefficient (Wildman–Crippen LogP) is 16.2. The molecule has 0 saturated heterocycles. The van der Waals surface area contributed by atoms with Gasteiger partial charge in [-0.05, 0) is 173 Å². The van der Waals surface area contributed by atoms with E-state index in [1.165, 1.54) is 35.4 Å². The number of alkyl halides is 6. The Balaban J connectivity index is 1.02. The first-order chi connectivity index (χ1) is 29.3. The summed E-state index contributed by atoms with van der Waals surface area (Å²) < 4.78 is 82.7. The van der Waals surface area contributed by atoms with E-state index >= 15 is 0 Å². The van der Waals surface area contributed by atoms with Crippen LogP contribution in [0.15, 0.2) is 182 Å². The monoisotopic (exact) mass is 816 g/mol. The molecule has 8 heteroatoms. The molecule has 0 fully saturated rings. The van der Waals surface area contributed by atoms with E-state index in [0.29, 0.717) is 11.4 Å². The molecule has 0 saturated carbocycles. The maximum absolute atomic E-state index is 13.8. The first kappa shape index (κ1) is 39.4. The van der Waals surface area contributed by atoms with Crippen LogP contribution in [-0.2, 0) is 18.8 Å². The quantitative estimate of drug-likeness (QED) is 0.141.